The minimum atomic E-state index is -0.529. The van der Waals surface area contributed by atoms with Gasteiger partial charge in [0.2, 0.25) is 11.0 Å². The molecule has 0 radical (unpaired) electrons. The van der Waals surface area contributed by atoms with E-state index >= 15 is 0 Å². The van der Waals surface area contributed by atoms with E-state index in [1.165, 1.54) is 22.5 Å². The van der Waals surface area contributed by atoms with E-state index in [2.05, 4.69) is 46.7 Å². The van der Waals surface area contributed by atoms with Gasteiger partial charge in [0.25, 0.3) is 0 Å². The molecule has 136 valence electrons. The van der Waals surface area contributed by atoms with Crippen LogP contribution in [0.5, 0.6) is 0 Å². The lowest BCUT2D eigenvalue weighted by molar-refractivity contribution is -0.119. The van der Waals surface area contributed by atoms with E-state index in [0.29, 0.717) is 24.8 Å². The van der Waals surface area contributed by atoms with E-state index in [1.54, 1.807) is 0 Å². The van der Waals surface area contributed by atoms with Gasteiger partial charge < -0.3 is 10.5 Å². The number of anilines is 1. The number of carbonyl (C=O) groups excluding carboxylic acids is 1. The molecule has 0 spiro atoms. The molecule has 1 aliphatic heterocycles. The van der Waals surface area contributed by atoms with Gasteiger partial charge in [-0.25, -0.2) is 0 Å². The summed E-state index contributed by atoms with van der Waals surface area (Å²) in [4.78, 5) is 12.3. The number of benzene rings is 1. The minimum absolute atomic E-state index is 0. The molecule has 1 aromatic carbocycles. The van der Waals surface area contributed by atoms with Gasteiger partial charge in [0.05, 0.1) is 6.04 Å². The predicted octanol–water partition coefficient (Wildman–Crippen LogP) is 2.55. The number of nitrogens with one attached hydrogen (secondary N) is 1. The first kappa shape index (κ1) is 19.8. The van der Waals surface area contributed by atoms with E-state index < -0.39 is 6.04 Å². The minimum Gasteiger partial charge on any atom is -0.381 e. The summed E-state index contributed by atoms with van der Waals surface area (Å²) >= 11 is 1.39. The van der Waals surface area contributed by atoms with Gasteiger partial charge in [0, 0.05) is 19.6 Å². The Hall–Kier alpha value is -1.54. The van der Waals surface area contributed by atoms with Crippen LogP contribution in [0.25, 0.3) is 0 Å². The SMILES string of the molecule is Cc1ccc(Cc2nnc(NC(=O)C(N)C3CCOCC3)s2)cc1.Cl. The second-order valence-corrected chi connectivity index (χ2v) is 7.19. The molecule has 0 saturated carbocycles. The number of ether oxygens (including phenoxy) is 1. The molecule has 1 fully saturated rings. The van der Waals surface area contributed by atoms with E-state index in [9.17, 15) is 4.79 Å². The van der Waals surface area contributed by atoms with Gasteiger partial charge in [-0.2, -0.15) is 0 Å². The molecule has 2 heterocycles. The highest BCUT2D eigenvalue weighted by Gasteiger charge is 2.27. The predicted molar refractivity (Wildman–Crippen MR) is 101 cm³/mol. The Morgan fingerprint density at radius 1 is 1.32 bits per heavy atom. The Morgan fingerprint density at radius 2 is 2.00 bits per heavy atom. The Morgan fingerprint density at radius 3 is 2.68 bits per heavy atom. The number of rotatable bonds is 5. The van der Waals surface area contributed by atoms with Gasteiger partial charge in [-0.05, 0) is 31.2 Å². The highest BCUT2D eigenvalue weighted by Crippen LogP contribution is 2.21. The van der Waals surface area contributed by atoms with E-state index in [-0.39, 0.29) is 24.2 Å². The van der Waals surface area contributed by atoms with Gasteiger partial charge in [-0.3, -0.25) is 10.1 Å². The van der Waals surface area contributed by atoms with E-state index in [4.69, 9.17) is 10.5 Å². The number of amides is 1. The first-order valence-corrected chi connectivity index (χ1v) is 8.95. The largest absolute Gasteiger partial charge is 0.381 e. The smallest absolute Gasteiger partial charge is 0.243 e. The Labute approximate surface area is 157 Å². The highest BCUT2D eigenvalue weighted by atomic mass is 35.5. The third kappa shape index (κ3) is 5.47. The molecule has 0 bridgehead atoms. The van der Waals surface area contributed by atoms with Crippen molar-refractivity contribution < 1.29 is 9.53 Å². The van der Waals surface area contributed by atoms with Crippen molar-refractivity contribution in [2.45, 2.75) is 32.2 Å². The number of hydrogen-bond acceptors (Lipinski definition) is 6. The molecule has 1 unspecified atom stereocenters. The number of aromatic nitrogens is 2. The van der Waals surface area contributed by atoms with Crippen LogP contribution in [0.1, 0.15) is 29.0 Å². The second kappa shape index (κ2) is 9.24. The average Bonchev–Trinajstić information content (AvgIpc) is 3.04. The van der Waals surface area contributed by atoms with Gasteiger partial charge in [0.1, 0.15) is 5.01 Å². The van der Waals surface area contributed by atoms with E-state index in [1.807, 2.05) is 0 Å². The van der Waals surface area contributed by atoms with Crippen molar-refractivity contribution in [1.82, 2.24) is 10.2 Å². The van der Waals surface area contributed by atoms with Crippen LogP contribution < -0.4 is 11.1 Å². The van der Waals surface area contributed by atoms with Crippen LogP contribution in [0.4, 0.5) is 5.13 Å². The maximum absolute atomic E-state index is 12.3. The van der Waals surface area contributed by atoms with Crippen LogP contribution >= 0.6 is 23.7 Å². The summed E-state index contributed by atoms with van der Waals surface area (Å²) < 4.78 is 5.31. The highest BCUT2D eigenvalue weighted by molar-refractivity contribution is 7.15. The summed E-state index contributed by atoms with van der Waals surface area (Å²) in [6.07, 6.45) is 2.35. The maximum Gasteiger partial charge on any atom is 0.243 e. The molecule has 1 atom stereocenters. The number of carbonyl (C=O) groups is 1. The molecule has 3 N–H and O–H groups in total. The number of aryl methyl sites for hydroxylation is 1. The summed E-state index contributed by atoms with van der Waals surface area (Å²) in [5.74, 6) is -0.0290. The molecule has 2 aromatic rings. The molecule has 6 nitrogen and oxygen atoms in total. The average molecular weight is 383 g/mol. The lowest BCUT2D eigenvalue weighted by atomic mass is 9.92. The van der Waals surface area contributed by atoms with Crippen LogP contribution in [0.3, 0.4) is 0 Å². The Balaban J connectivity index is 0.00000225. The standard InChI is InChI=1S/C17H22N4O2S.ClH/c1-11-2-4-12(5-3-11)10-14-20-21-17(24-14)19-16(22)15(18)13-6-8-23-9-7-13;/h2-5,13,15H,6-10,18H2,1H3,(H,19,21,22);1H. The zero-order valence-electron chi connectivity index (χ0n) is 14.1. The third-order valence-corrected chi connectivity index (χ3v) is 5.09. The quantitative estimate of drug-likeness (QED) is 0.829. The Bertz CT molecular complexity index is 686. The fourth-order valence-corrected chi connectivity index (χ4v) is 3.51. The van der Waals surface area contributed by atoms with Gasteiger partial charge in [-0.1, -0.05) is 41.2 Å². The summed E-state index contributed by atoms with van der Waals surface area (Å²) in [6.45, 7) is 3.40. The lowest BCUT2D eigenvalue weighted by Crippen LogP contribution is -2.43. The van der Waals surface area contributed by atoms with Crippen LogP contribution in [0.2, 0.25) is 0 Å². The zero-order valence-corrected chi connectivity index (χ0v) is 15.7. The first-order chi connectivity index (χ1) is 11.6. The number of nitrogens with zero attached hydrogens (tertiary/aromatic N) is 2. The second-order valence-electron chi connectivity index (χ2n) is 6.13. The number of nitrogens with two attached hydrogens (primary N) is 1. The molecular weight excluding hydrogens is 360 g/mol. The molecule has 3 rings (SSSR count). The van der Waals surface area contributed by atoms with Crippen LogP contribution in [0.15, 0.2) is 24.3 Å². The molecule has 25 heavy (non-hydrogen) atoms. The molecule has 1 aromatic heterocycles. The van der Waals surface area contributed by atoms with Crippen molar-refractivity contribution in [2.24, 2.45) is 11.7 Å². The zero-order chi connectivity index (χ0) is 16.9. The summed E-state index contributed by atoms with van der Waals surface area (Å²) in [6, 6.07) is 7.78. The molecule has 1 aliphatic rings. The van der Waals surface area contributed by atoms with Crippen LogP contribution in [-0.2, 0) is 16.0 Å². The van der Waals surface area contributed by atoms with Crippen LogP contribution in [0, 0.1) is 12.8 Å². The summed E-state index contributed by atoms with van der Waals surface area (Å²) in [7, 11) is 0. The molecule has 8 heteroatoms. The van der Waals surface area contributed by atoms with Gasteiger partial charge >= 0.3 is 0 Å². The van der Waals surface area contributed by atoms with Gasteiger partial charge in [-0.15, -0.1) is 22.6 Å². The number of halogens is 1. The van der Waals surface area contributed by atoms with E-state index in [0.717, 1.165) is 17.8 Å². The van der Waals surface area contributed by atoms with Crippen molar-refractivity contribution >= 4 is 34.8 Å². The van der Waals surface area contributed by atoms with Crippen molar-refractivity contribution in [3.05, 3.63) is 40.4 Å². The normalized spacial score (nSPS) is 16.1. The number of hydrogen-bond donors (Lipinski definition) is 2. The molecule has 1 saturated heterocycles. The van der Waals surface area contributed by atoms with Crippen molar-refractivity contribution in [1.29, 1.82) is 0 Å². The molecule has 0 aliphatic carbocycles. The topological polar surface area (TPSA) is 90.1 Å². The first-order valence-electron chi connectivity index (χ1n) is 8.14. The molecular formula is C17H23ClN4O2S. The van der Waals surface area contributed by atoms with Crippen LogP contribution in [-0.4, -0.2) is 35.4 Å². The third-order valence-electron chi connectivity index (χ3n) is 4.25. The Kier molecular flexibility index (Phi) is 7.31. The van der Waals surface area contributed by atoms with Crippen molar-refractivity contribution in [2.75, 3.05) is 18.5 Å². The summed E-state index contributed by atoms with van der Waals surface area (Å²) in [5, 5.41) is 12.4. The fourth-order valence-electron chi connectivity index (χ4n) is 2.73. The lowest BCUT2D eigenvalue weighted by Gasteiger charge is -2.26. The molecule has 1 amide bonds. The fraction of sp³-hybridized carbons (Fsp3) is 0.471. The summed E-state index contributed by atoms with van der Waals surface area (Å²) in [5.41, 5.74) is 8.48. The monoisotopic (exact) mass is 382 g/mol. The maximum atomic E-state index is 12.3. The van der Waals surface area contributed by atoms with Gasteiger partial charge in [0.15, 0.2) is 0 Å². The van der Waals surface area contributed by atoms with Crippen molar-refractivity contribution in [3.63, 3.8) is 0 Å². The van der Waals surface area contributed by atoms with Crippen molar-refractivity contribution in [3.8, 4) is 0 Å².